The molecule has 0 saturated carbocycles. The first kappa shape index (κ1) is 21.6. The molecule has 1 aliphatic heterocycles. The summed E-state index contributed by atoms with van der Waals surface area (Å²) in [6.07, 6.45) is 3.45. The Hall–Kier alpha value is -3.64. The average molecular weight is 431 g/mol. The van der Waals surface area contributed by atoms with Gasteiger partial charge in [-0.3, -0.25) is 9.59 Å². The minimum atomic E-state index is -0.391. The number of amides is 2. The molecule has 3 aromatic rings. The Balaban J connectivity index is 1.54. The Kier molecular flexibility index (Phi) is 6.82. The van der Waals surface area contributed by atoms with Crippen molar-refractivity contribution in [1.82, 2.24) is 10.6 Å². The topological polar surface area (TPSA) is 80.6 Å². The quantitative estimate of drug-likeness (QED) is 0.547. The van der Waals surface area contributed by atoms with Crippen LogP contribution >= 0.6 is 0 Å². The number of hydrogen-bond acceptors (Lipinski definition) is 4. The van der Waals surface area contributed by atoms with Crippen LogP contribution < -0.4 is 10.6 Å². The number of carbonyl (C=O) groups excluding carboxylic acids is 2. The summed E-state index contributed by atoms with van der Waals surface area (Å²) in [6, 6.07) is 20.4. The molecule has 1 fully saturated rings. The minimum absolute atomic E-state index is 0.00165. The molecule has 6 nitrogen and oxygen atoms in total. The Bertz CT molecular complexity index is 1090. The van der Waals surface area contributed by atoms with E-state index in [9.17, 15) is 9.59 Å². The number of rotatable bonds is 7. The van der Waals surface area contributed by atoms with Crippen LogP contribution in [0, 0.1) is 6.92 Å². The van der Waals surface area contributed by atoms with E-state index in [1.165, 1.54) is 0 Å². The van der Waals surface area contributed by atoms with Crippen LogP contribution in [-0.2, 0) is 9.53 Å². The molecule has 0 aliphatic carbocycles. The Morgan fingerprint density at radius 3 is 2.53 bits per heavy atom. The van der Waals surface area contributed by atoms with Crippen LogP contribution in [0.5, 0.6) is 0 Å². The van der Waals surface area contributed by atoms with Crippen LogP contribution in [0.15, 0.2) is 76.8 Å². The first-order valence-corrected chi connectivity index (χ1v) is 10.7. The molecule has 4 rings (SSSR count). The summed E-state index contributed by atoms with van der Waals surface area (Å²) in [5.74, 6) is 0.397. The third-order valence-electron chi connectivity index (χ3n) is 5.29. The van der Waals surface area contributed by atoms with Crippen molar-refractivity contribution in [3.63, 3.8) is 0 Å². The van der Waals surface area contributed by atoms with Gasteiger partial charge in [0, 0.05) is 30.4 Å². The molecule has 1 aliphatic rings. The van der Waals surface area contributed by atoms with Gasteiger partial charge in [0.15, 0.2) is 0 Å². The van der Waals surface area contributed by atoms with E-state index < -0.39 is 5.91 Å². The predicted octanol–water partition coefficient (Wildman–Crippen LogP) is 4.32. The molecular formula is C26H26N2O4. The van der Waals surface area contributed by atoms with E-state index in [-0.39, 0.29) is 17.7 Å². The predicted molar refractivity (Wildman–Crippen MR) is 123 cm³/mol. The summed E-state index contributed by atoms with van der Waals surface area (Å²) in [5.41, 5.74) is 2.67. The molecule has 2 amide bonds. The van der Waals surface area contributed by atoms with E-state index in [0.717, 1.165) is 24.0 Å². The highest BCUT2D eigenvalue weighted by atomic mass is 16.5. The standard InChI is InChI=1S/C26H26N2O4/c1-18-9-11-19(12-10-18)24-14-13-21(32-24)16-23(26(30)27-17-22-8-5-15-31-22)28-25(29)20-6-3-2-4-7-20/h2-4,6-7,9-14,16,22H,5,8,15,17H2,1H3,(H,27,30)(H,28,29)/b23-16-. The zero-order chi connectivity index (χ0) is 22.3. The Labute approximate surface area is 187 Å². The number of hydrogen-bond donors (Lipinski definition) is 2. The number of furan rings is 1. The SMILES string of the molecule is Cc1ccc(-c2ccc(/C=C(\NC(=O)c3ccccc3)C(=O)NCC3CCCO3)o2)cc1. The fraction of sp³-hybridized carbons (Fsp3) is 0.231. The van der Waals surface area contributed by atoms with Crippen molar-refractivity contribution in [2.24, 2.45) is 0 Å². The lowest BCUT2D eigenvalue weighted by molar-refractivity contribution is -0.118. The smallest absolute Gasteiger partial charge is 0.268 e. The highest BCUT2D eigenvalue weighted by Gasteiger charge is 2.19. The fourth-order valence-electron chi connectivity index (χ4n) is 3.50. The first-order chi connectivity index (χ1) is 15.6. The molecular weight excluding hydrogens is 404 g/mol. The lowest BCUT2D eigenvalue weighted by Crippen LogP contribution is -2.38. The lowest BCUT2D eigenvalue weighted by atomic mass is 10.1. The van der Waals surface area contributed by atoms with Gasteiger partial charge in [-0.05, 0) is 44.0 Å². The van der Waals surface area contributed by atoms with Crippen LogP contribution in [0.1, 0.15) is 34.5 Å². The number of ether oxygens (including phenoxy) is 1. The molecule has 2 N–H and O–H groups in total. The van der Waals surface area contributed by atoms with Crippen LogP contribution in [-0.4, -0.2) is 31.1 Å². The Morgan fingerprint density at radius 2 is 1.81 bits per heavy atom. The zero-order valence-corrected chi connectivity index (χ0v) is 18.0. The summed E-state index contributed by atoms with van der Waals surface area (Å²) < 4.78 is 11.5. The highest BCUT2D eigenvalue weighted by molar-refractivity contribution is 6.05. The summed E-state index contributed by atoms with van der Waals surface area (Å²) in [5, 5.41) is 5.58. The second-order valence-electron chi connectivity index (χ2n) is 7.79. The maximum Gasteiger partial charge on any atom is 0.268 e. The molecule has 1 atom stereocenters. The first-order valence-electron chi connectivity index (χ1n) is 10.7. The van der Waals surface area contributed by atoms with Gasteiger partial charge in [0.1, 0.15) is 17.2 Å². The van der Waals surface area contributed by atoms with Gasteiger partial charge in [0.2, 0.25) is 0 Å². The zero-order valence-electron chi connectivity index (χ0n) is 18.0. The molecule has 164 valence electrons. The van der Waals surface area contributed by atoms with Crippen LogP contribution in [0.2, 0.25) is 0 Å². The number of carbonyl (C=O) groups is 2. The second kappa shape index (κ2) is 10.1. The molecule has 1 aromatic heterocycles. The maximum atomic E-state index is 12.9. The van der Waals surface area contributed by atoms with Crippen molar-refractivity contribution >= 4 is 17.9 Å². The largest absolute Gasteiger partial charge is 0.457 e. The summed E-state index contributed by atoms with van der Waals surface area (Å²) in [7, 11) is 0. The molecule has 6 heteroatoms. The van der Waals surface area contributed by atoms with Gasteiger partial charge in [0.25, 0.3) is 11.8 Å². The monoisotopic (exact) mass is 430 g/mol. The average Bonchev–Trinajstić information content (AvgIpc) is 3.50. The third-order valence-corrected chi connectivity index (χ3v) is 5.29. The van der Waals surface area contributed by atoms with Gasteiger partial charge in [-0.25, -0.2) is 0 Å². The molecule has 0 radical (unpaired) electrons. The highest BCUT2D eigenvalue weighted by Crippen LogP contribution is 2.23. The van der Waals surface area contributed by atoms with Crippen molar-refractivity contribution < 1.29 is 18.7 Å². The molecule has 0 bridgehead atoms. The van der Waals surface area contributed by atoms with E-state index in [0.29, 0.717) is 30.2 Å². The van der Waals surface area contributed by atoms with Gasteiger partial charge in [-0.15, -0.1) is 0 Å². The van der Waals surface area contributed by atoms with Crippen molar-refractivity contribution in [2.75, 3.05) is 13.2 Å². The Morgan fingerprint density at radius 1 is 1.03 bits per heavy atom. The van der Waals surface area contributed by atoms with Crippen molar-refractivity contribution in [2.45, 2.75) is 25.9 Å². The van der Waals surface area contributed by atoms with Crippen LogP contribution in [0.3, 0.4) is 0 Å². The summed E-state index contributed by atoms with van der Waals surface area (Å²) in [4.78, 5) is 25.6. The lowest BCUT2D eigenvalue weighted by Gasteiger charge is -2.13. The van der Waals surface area contributed by atoms with Crippen molar-refractivity contribution in [3.8, 4) is 11.3 Å². The number of benzene rings is 2. The maximum absolute atomic E-state index is 12.9. The van der Waals surface area contributed by atoms with Gasteiger partial charge in [-0.1, -0.05) is 48.0 Å². The van der Waals surface area contributed by atoms with Crippen molar-refractivity contribution in [3.05, 3.63) is 89.3 Å². The molecule has 2 aromatic carbocycles. The molecule has 32 heavy (non-hydrogen) atoms. The minimum Gasteiger partial charge on any atom is -0.457 e. The molecule has 0 spiro atoms. The summed E-state index contributed by atoms with van der Waals surface area (Å²) >= 11 is 0. The van der Waals surface area contributed by atoms with Crippen molar-refractivity contribution in [1.29, 1.82) is 0 Å². The van der Waals surface area contributed by atoms with Gasteiger partial charge in [-0.2, -0.15) is 0 Å². The fourth-order valence-corrected chi connectivity index (χ4v) is 3.50. The number of aryl methyl sites for hydroxylation is 1. The summed E-state index contributed by atoms with van der Waals surface area (Å²) in [6.45, 7) is 3.13. The van der Waals surface area contributed by atoms with E-state index in [1.807, 2.05) is 43.3 Å². The molecule has 1 unspecified atom stereocenters. The molecule has 2 heterocycles. The van der Waals surface area contributed by atoms with Crippen LogP contribution in [0.4, 0.5) is 0 Å². The normalized spacial score (nSPS) is 16.0. The molecule has 1 saturated heterocycles. The van der Waals surface area contributed by atoms with Gasteiger partial charge >= 0.3 is 0 Å². The van der Waals surface area contributed by atoms with E-state index in [2.05, 4.69) is 10.6 Å². The number of nitrogens with one attached hydrogen (secondary N) is 2. The van der Waals surface area contributed by atoms with E-state index in [1.54, 1.807) is 36.4 Å². The van der Waals surface area contributed by atoms with E-state index in [4.69, 9.17) is 9.15 Å². The van der Waals surface area contributed by atoms with Gasteiger partial charge in [0.05, 0.1) is 6.10 Å². The van der Waals surface area contributed by atoms with E-state index >= 15 is 0 Å². The van der Waals surface area contributed by atoms with Crippen LogP contribution in [0.25, 0.3) is 17.4 Å². The van der Waals surface area contributed by atoms with Gasteiger partial charge < -0.3 is 19.8 Å². The second-order valence-corrected chi connectivity index (χ2v) is 7.79. The third kappa shape index (κ3) is 5.53.